The summed E-state index contributed by atoms with van der Waals surface area (Å²) < 4.78 is 0. The molecule has 0 aromatic carbocycles. The Morgan fingerprint density at radius 1 is 1.10 bits per heavy atom. The summed E-state index contributed by atoms with van der Waals surface area (Å²) in [5, 5.41) is 0. The average Bonchev–Trinajstić information content (AvgIpc) is 2.77. The molecule has 6 heteroatoms. The van der Waals surface area contributed by atoms with E-state index in [9.17, 15) is 4.79 Å². The summed E-state index contributed by atoms with van der Waals surface area (Å²) in [5.74, 6) is 1.41. The molecule has 0 atom stereocenters. The van der Waals surface area contributed by atoms with Crippen molar-refractivity contribution in [2.24, 2.45) is 5.41 Å². The van der Waals surface area contributed by atoms with Crippen molar-refractivity contribution in [1.29, 1.82) is 0 Å². The molecule has 6 nitrogen and oxygen atoms in total. The van der Waals surface area contributed by atoms with Gasteiger partial charge in [0.15, 0.2) is 0 Å². The molecule has 0 unspecified atom stereocenters. The van der Waals surface area contributed by atoms with Crippen LogP contribution in [0, 0.1) is 5.41 Å². The van der Waals surface area contributed by atoms with E-state index in [1.54, 1.807) is 6.33 Å². The molecule has 2 aliphatic heterocycles. The number of hydrogen-bond donors (Lipinski definition) is 0. The quantitative estimate of drug-likeness (QED) is 0.754. The Balaban J connectivity index is 1.38. The molecule has 0 radical (unpaired) electrons. The van der Waals surface area contributed by atoms with Gasteiger partial charge in [-0.05, 0) is 43.2 Å². The van der Waals surface area contributed by atoms with E-state index in [0.29, 0.717) is 12.3 Å². The van der Waals surface area contributed by atoms with Crippen LogP contribution in [0.1, 0.15) is 50.3 Å². The number of rotatable bonds is 6. The van der Waals surface area contributed by atoms with Crippen LogP contribution in [0.4, 0.5) is 5.82 Å². The Bertz CT molecular complexity index is 817. The van der Waals surface area contributed by atoms with E-state index in [4.69, 9.17) is 0 Å². The van der Waals surface area contributed by atoms with E-state index >= 15 is 0 Å². The van der Waals surface area contributed by atoms with Gasteiger partial charge in [-0.3, -0.25) is 9.78 Å². The second kappa shape index (κ2) is 8.89. The molecule has 2 aliphatic rings. The van der Waals surface area contributed by atoms with Crippen LogP contribution in [0.5, 0.6) is 0 Å². The first-order valence-electron chi connectivity index (χ1n) is 10.9. The van der Waals surface area contributed by atoms with Crippen LogP contribution in [0.2, 0.25) is 0 Å². The minimum atomic E-state index is 0.256. The zero-order chi connectivity index (χ0) is 20.1. The second-order valence-corrected chi connectivity index (χ2v) is 8.50. The lowest BCUT2D eigenvalue weighted by molar-refractivity contribution is -0.138. The van der Waals surface area contributed by atoms with Gasteiger partial charge in [0.25, 0.3) is 0 Å². The number of anilines is 1. The molecule has 0 bridgehead atoms. The first kappa shape index (κ1) is 19.8. The Hall–Kier alpha value is -2.50. The van der Waals surface area contributed by atoms with E-state index in [0.717, 1.165) is 76.2 Å². The second-order valence-electron chi connectivity index (χ2n) is 8.50. The lowest BCUT2D eigenvalue weighted by Gasteiger charge is -2.48. The molecule has 1 spiro atoms. The highest BCUT2D eigenvalue weighted by atomic mass is 16.2. The maximum absolute atomic E-state index is 12.5. The number of likely N-dealkylation sites (tertiary alicyclic amines) is 1. The number of nitrogens with zero attached hydrogens (tertiary/aromatic N) is 5. The van der Waals surface area contributed by atoms with Gasteiger partial charge in [-0.25, -0.2) is 9.97 Å². The summed E-state index contributed by atoms with van der Waals surface area (Å²) in [5.41, 5.74) is 2.57. The molecule has 0 N–H and O–H groups in total. The van der Waals surface area contributed by atoms with Gasteiger partial charge in [-0.1, -0.05) is 19.4 Å². The number of aromatic nitrogens is 3. The maximum atomic E-state index is 12.5. The molecule has 29 heavy (non-hydrogen) atoms. The van der Waals surface area contributed by atoms with E-state index in [1.807, 2.05) is 30.6 Å². The van der Waals surface area contributed by atoms with Gasteiger partial charge < -0.3 is 9.80 Å². The Morgan fingerprint density at radius 3 is 2.72 bits per heavy atom. The van der Waals surface area contributed by atoms with Crippen molar-refractivity contribution >= 4 is 11.7 Å². The lowest BCUT2D eigenvalue weighted by Crippen LogP contribution is -2.52. The number of carbonyl (C=O) groups is 1. The molecular weight excluding hydrogens is 362 g/mol. The van der Waals surface area contributed by atoms with Crippen molar-refractivity contribution in [3.05, 3.63) is 48.2 Å². The van der Waals surface area contributed by atoms with Gasteiger partial charge in [0.1, 0.15) is 12.1 Å². The number of piperidine rings is 2. The molecule has 2 saturated heterocycles. The fourth-order valence-corrected chi connectivity index (χ4v) is 4.78. The number of hydrogen-bond acceptors (Lipinski definition) is 5. The molecule has 0 aliphatic carbocycles. The van der Waals surface area contributed by atoms with Gasteiger partial charge >= 0.3 is 0 Å². The summed E-state index contributed by atoms with van der Waals surface area (Å²) in [6.45, 7) is 5.87. The van der Waals surface area contributed by atoms with E-state index in [1.165, 1.54) is 5.56 Å². The Kier molecular flexibility index (Phi) is 6.07. The summed E-state index contributed by atoms with van der Waals surface area (Å²) in [6, 6.07) is 5.98. The largest absolute Gasteiger partial charge is 0.356 e. The SMILES string of the molecule is CCCc1cncnc1N1CCC2(CCC(=O)N(CCc3ccccn3)C2)CC1. The molecule has 2 aromatic rings. The van der Waals surface area contributed by atoms with E-state index in [-0.39, 0.29) is 5.41 Å². The van der Waals surface area contributed by atoms with Crippen molar-refractivity contribution in [3.63, 3.8) is 0 Å². The first-order chi connectivity index (χ1) is 14.2. The molecule has 1 amide bonds. The fraction of sp³-hybridized carbons (Fsp3) is 0.565. The Morgan fingerprint density at radius 2 is 1.97 bits per heavy atom. The van der Waals surface area contributed by atoms with Gasteiger partial charge in [0, 0.05) is 62.7 Å². The minimum Gasteiger partial charge on any atom is -0.356 e. The molecule has 4 heterocycles. The van der Waals surface area contributed by atoms with Crippen LogP contribution in [0.15, 0.2) is 36.9 Å². The number of aryl methyl sites for hydroxylation is 1. The standard InChI is InChI=1S/C23H31N5O/c1-2-5-19-16-24-18-26-22(19)27-14-10-23(11-15-27)9-7-21(29)28(17-23)13-8-20-6-3-4-12-25-20/h3-4,6,12,16,18H,2,5,7-11,13-15,17H2,1H3. The van der Waals surface area contributed by atoms with Crippen LogP contribution in [0.3, 0.4) is 0 Å². The van der Waals surface area contributed by atoms with Crippen LogP contribution >= 0.6 is 0 Å². The normalized spacial score (nSPS) is 19.0. The van der Waals surface area contributed by atoms with Gasteiger partial charge in [-0.2, -0.15) is 0 Å². The topological polar surface area (TPSA) is 62.2 Å². The predicted octanol–water partition coefficient (Wildman–Crippen LogP) is 3.28. The molecule has 2 aromatic heterocycles. The van der Waals surface area contributed by atoms with E-state index < -0.39 is 0 Å². The van der Waals surface area contributed by atoms with Crippen molar-refractivity contribution in [1.82, 2.24) is 19.9 Å². The molecule has 154 valence electrons. The molecule has 4 rings (SSSR count). The van der Waals surface area contributed by atoms with Crippen LogP contribution in [-0.4, -0.2) is 51.9 Å². The number of amides is 1. The number of pyridine rings is 1. The molecule has 2 fully saturated rings. The van der Waals surface area contributed by atoms with E-state index in [2.05, 4.69) is 31.7 Å². The molecule has 0 saturated carbocycles. The lowest BCUT2D eigenvalue weighted by atomic mass is 9.72. The van der Waals surface area contributed by atoms with Crippen molar-refractivity contribution in [3.8, 4) is 0 Å². The summed E-state index contributed by atoms with van der Waals surface area (Å²) in [4.78, 5) is 30.2. The van der Waals surface area contributed by atoms with Gasteiger partial charge in [0.2, 0.25) is 5.91 Å². The van der Waals surface area contributed by atoms with Crippen LogP contribution in [-0.2, 0) is 17.6 Å². The maximum Gasteiger partial charge on any atom is 0.222 e. The van der Waals surface area contributed by atoms with Gasteiger partial charge in [-0.15, -0.1) is 0 Å². The third-order valence-electron chi connectivity index (χ3n) is 6.52. The zero-order valence-corrected chi connectivity index (χ0v) is 17.4. The van der Waals surface area contributed by atoms with Crippen molar-refractivity contribution in [2.75, 3.05) is 31.1 Å². The summed E-state index contributed by atoms with van der Waals surface area (Å²) in [7, 11) is 0. The number of carbonyl (C=O) groups excluding carboxylic acids is 1. The summed E-state index contributed by atoms with van der Waals surface area (Å²) >= 11 is 0. The molecular formula is C23H31N5O. The smallest absolute Gasteiger partial charge is 0.222 e. The minimum absolute atomic E-state index is 0.256. The highest BCUT2D eigenvalue weighted by molar-refractivity contribution is 5.77. The highest BCUT2D eigenvalue weighted by Crippen LogP contribution is 2.41. The third kappa shape index (κ3) is 4.57. The highest BCUT2D eigenvalue weighted by Gasteiger charge is 2.41. The zero-order valence-electron chi connectivity index (χ0n) is 17.4. The fourth-order valence-electron chi connectivity index (χ4n) is 4.78. The van der Waals surface area contributed by atoms with Crippen molar-refractivity contribution < 1.29 is 4.79 Å². The average molecular weight is 394 g/mol. The predicted molar refractivity (Wildman–Crippen MR) is 114 cm³/mol. The first-order valence-corrected chi connectivity index (χ1v) is 10.9. The van der Waals surface area contributed by atoms with Crippen molar-refractivity contribution in [2.45, 2.75) is 51.9 Å². The monoisotopic (exact) mass is 393 g/mol. The van der Waals surface area contributed by atoms with Crippen LogP contribution in [0.25, 0.3) is 0 Å². The third-order valence-corrected chi connectivity index (χ3v) is 6.52. The Labute approximate surface area is 173 Å². The van der Waals surface area contributed by atoms with Gasteiger partial charge in [0.05, 0.1) is 0 Å². The van der Waals surface area contributed by atoms with Crippen LogP contribution < -0.4 is 4.90 Å². The summed E-state index contributed by atoms with van der Waals surface area (Å²) in [6.07, 6.45) is 12.3.